The van der Waals surface area contributed by atoms with Crippen LogP contribution in [0, 0.1) is 28.6 Å². The number of morpholine rings is 1. The molecule has 5 aliphatic rings. The first-order valence-electron chi connectivity index (χ1n) is 13.5. The number of rotatable bonds is 5. The van der Waals surface area contributed by atoms with Crippen molar-refractivity contribution in [2.45, 2.75) is 70.2 Å². The Bertz CT molecular complexity index is 932. The van der Waals surface area contributed by atoms with Crippen LogP contribution in [0.25, 0.3) is 0 Å². The van der Waals surface area contributed by atoms with E-state index in [-0.39, 0.29) is 23.2 Å². The number of hydrogen-bond acceptors (Lipinski definition) is 9. The van der Waals surface area contributed by atoms with Crippen molar-refractivity contribution in [2.24, 2.45) is 38.9 Å². The maximum atomic E-state index is 12.6. The fraction of sp³-hybridized carbons (Fsp3) is 0.852. The molecule has 1 aliphatic heterocycles. The zero-order chi connectivity index (χ0) is 25.7. The Labute approximate surface area is 214 Å². The minimum atomic E-state index is -1.01. The molecule has 3 N–H and O–H groups in total. The van der Waals surface area contributed by atoms with E-state index < -0.39 is 23.2 Å². The molecule has 8 atom stereocenters. The largest absolute Gasteiger partial charge is 0.399 e. The lowest BCUT2D eigenvalue weighted by Crippen LogP contribution is -2.61. The van der Waals surface area contributed by atoms with Gasteiger partial charge in [-0.15, -0.1) is 0 Å². The Kier molecular flexibility index (Phi) is 7.00. The van der Waals surface area contributed by atoms with Crippen LogP contribution in [0.4, 0.5) is 0 Å². The average Bonchev–Trinajstić information content (AvgIpc) is 3.13. The van der Waals surface area contributed by atoms with E-state index in [1.807, 2.05) is 0 Å². The second kappa shape index (κ2) is 9.66. The van der Waals surface area contributed by atoms with Crippen LogP contribution in [0.3, 0.4) is 0 Å². The molecule has 0 spiro atoms. The summed E-state index contributed by atoms with van der Waals surface area (Å²) in [6, 6.07) is 0. The van der Waals surface area contributed by atoms with Crippen molar-refractivity contribution in [1.29, 1.82) is 0 Å². The van der Waals surface area contributed by atoms with E-state index in [0.717, 1.165) is 69.1 Å². The lowest BCUT2D eigenvalue weighted by atomic mass is 9.46. The lowest BCUT2D eigenvalue weighted by molar-refractivity contribution is -0.116. The molecule has 9 heteroatoms. The zero-order valence-corrected chi connectivity index (χ0v) is 22.2. The summed E-state index contributed by atoms with van der Waals surface area (Å²) in [5, 5.41) is 42.6. The summed E-state index contributed by atoms with van der Waals surface area (Å²) in [5.74, 6) is 0.181. The second-order valence-electron chi connectivity index (χ2n) is 12.0. The smallest absolute Gasteiger partial charge is 0.106 e. The Morgan fingerprint density at radius 2 is 1.83 bits per heavy atom. The molecular weight excluding hydrogens is 462 g/mol. The standard InChI is InChI=1S/C27H43N3O6/c1-25-15-24(32)23(31)14-20(25)21(28-34-3)13-19-17(25)5-7-26(2)18(6-8-27(19,26)33)22(29-35-4)16-30-9-11-36-12-10-30/h13,17-18,20,23-24,31-33H,5-12,14-16H2,1-4H3/b28-21+,29-22?/t17?,18-,20+,23-,24+,25-,26-,27-/m1/s1. The third-order valence-corrected chi connectivity index (χ3v) is 10.4. The molecule has 3 saturated carbocycles. The van der Waals surface area contributed by atoms with E-state index in [4.69, 9.17) is 14.4 Å². The SMILES string of the molecule is CON=C(CN1CCOCC1)[C@H]1CC[C@@]2(O)C3=C/C(=N\OC)[C@@H]4C[C@@H](O)[C@@H](O)C[C@]4(C)C3CC[C@]12C. The summed E-state index contributed by atoms with van der Waals surface area (Å²) in [5.41, 5.74) is 1.06. The first-order chi connectivity index (χ1) is 17.2. The molecule has 0 aromatic heterocycles. The van der Waals surface area contributed by atoms with Gasteiger partial charge < -0.3 is 29.7 Å². The highest BCUT2D eigenvalue weighted by atomic mass is 16.6. The van der Waals surface area contributed by atoms with Crippen molar-refractivity contribution in [2.75, 3.05) is 47.1 Å². The summed E-state index contributed by atoms with van der Waals surface area (Å²) in [4.78, 5) is 12.9. The molecule has 36 heavy (non-hydrogen) atoms. The van der Waals surface area contributed by atoms with Gasteiger partial charge in [-0.1, -0.05) is 24.2 Å². The van der Waals surface area contributed by atoms with Crippen LogP contribution in [0.2, 0.25) is 0 Å². The number of nitrogens with zero attached hydrogens (tertiary/aromatic N) is 3. The number of hydrogen-bond donors (Lipinski definition) is 3. The Balaban J connectivity index is 1.51. The molecule has 5 rings (SSSR count). The topological polar surface area (TPSA) is 116 Å². The van der Waals surface area contributed by atoms with Gasteiger partial charge in [0.1, 0.15) is 14.2 Å². The molecule has 9 nitrogen and oxygen atoms in total. The van der Waals surface area contributed by atoms with E-state index in [9.17, 15) is 15.3 Å². The summed E-state index contributed by atoms with van der Waals surface area (Å²) in [6.07, 6.45) is 4.68. The Morgan fingerprint density at radius 1 is 1.08 bits per heavy atom. The number of oxime groups is 2. The molecule has 4 fully saturated rings. The van der Waals surface area contributed by atoms with Gasteiger partial charge in [0.05, 0.1) is 42.4 Å². The predicted octanol–water partition coefficient (Wildman–Crippen LogP) is 1.96. The fourth-order valence-corrected chi connectivity index (χ4v) is 8.43. The van der Waals surface area contributed by atoms with Gasteiger partial charge in [0.25, 0.3) is 0 Å². The lowest BCUT2D eigenvalue weighted by Gasteiger charge is -2.60. The highest BCUT2D eigenvalue weighted by Gasteiger charge is 2.67. The quantitative estimate of drug-likeness (QED) is 0.386. The van der Waals surface area contributed by atoms with Crippen LogP contribution < -0.4 is 0 Å². The highest BCUT2D eigenvalue weighted by molar-refractivity contribution is 5.99. The van der Waals surface area contributed by atoms with Gasteiger partial charge in [-0.25, -0.2) is 0 Å². The van der Waals surface area contributed by atoms with Crippen molar-refractivity contribution in [3.8, 4) is 0 Å². The van der Waals surface area contributed by atoms with Gasteiger partial charge in [0.2, 0.25) is 0 Å². The molecule has 1 heterocycles. The maximum Gasteiger partial charge on any atom is 0.106 e. The number of ether oxygens (including phenoxy) is 1. The zero-order valence-electron chi connectivity index (χ0n) is 22.2. The molecular formula is C27H43N3O6. The first-order valence-corrected chi connectivity index (χ1v) is 13.5. The molecule has 0 radical (unpaired) electrons. The molecule has 0 aromatic rings. The normalized spacial score (nSPS) is 46.5. The van der Waals surface area contributed by atoms with E-state index >= 15 is 0 Å². The monoisotopic (exact) mass is 505 g/mol. The van der Waals surface area contributed by atoms with Gasteiger partial charge >= 0.3 is 0 Å². The third-order valence-electron chi connectivity index (χ3n) is 10.4. The van der Waals surface area contributed by atoms with Crippen molar-refractivity contribution in [1.82, 2.24) is 4.90 Å². The van der Waals surface area contributed by atoms with Crippen molar-refractivity contribution in [3.63, 3.8) is 0 Å². The maximum absolute atomic E-state index is 12.6. The van der Waals surface area contributed by atoms with Gasteiger partial charge in [-0.3, -0.25) is 4.90 Å². The van der Waals surface area contributed by atoms with Gasteiger partial charge in [0.15, 0.2) is 0 Å². The van der Waals surface area contributed by atoms with Crippen molar-refractivity contribution in [3.05, 3.63) is 11.6 Å². The van der Waals surface area contributed by atoms with Crippen LogP contribution in [0.15, 0.2) is 22.0 Å². The first kappa shape index (κ1) is 26.1. The average molecular weight is 506 g/mol. The highest BCUT2D eigenvalue weighted by Crippen LogP contribution is 2.67. The van der Waals surface area contributed by atoms with E-state index in [0.29, 0.717) is 19.3 Å². The van der Waals surface area contributed by atoms with Crippen molar-refractivity contribution < 1.29 is 29.7 Å². The number of aliphatic hydroxyl groups excluding tert-OH is 2. The fourth-order valence-electron chi connectivity index (χ4n) is 8.43. The summed E-state index contributed by atoms with van der Waals surface area (Å²) < 4.78 is 5.53. The summed E-state index contributed by atoms with van der Waals surface area (Å²) >= 11 is 0. The van der Waals surface area contributed by atoms with Gasteiger partial charge in [0, 0.05) is 36.9 Å². The van der Waals surface area contributed by atoms with Crippen LogP contribution in [-0.4, -0.2) is 96.5 Å². The molecule has 0 bridgehead atoms. The Hall–Kier alpha value is -1.52. The molecule has 1 saturated heterocycles. The van der Waals surface area contributed by atoms with Crippen LogP contribution in [0.5, 0.6) is 0 Å². The number of aliphatic hydroxyl groups is 3. The minimum Gasteiger partial charge on any atom is -0.399 e. The van der Waals surface area contributed by atoms with E-state index in [1.165, 1.54) is 7.11 Å². The second-order valence-corrected chi connectivity index (χ2v) is 12.0. The number of fused-ring (bicyclic) bond motifs is 5. The molecule has 1 unspecified atom stereocenters. The summed E-state index contributed by atoms with van der Waals surface area (Å²) in [6.45, 7) is 8.32. The van der Waals surface area contributed by atoms with Crippen LogP contribution >= 0.6 is 0 Å². The van der Waals surface area contributed by atoms with Crippen LogP contribution in [0.1, 0.15) is 52.4 Å². The minimum absolute atomic E-state index is 0.0262. The molecule has 4 aliphatic carbocycles. The van der Waals surface area contributed by atoms with Crippen LogP contribution in [-0.2, 0) is 14.4 Å². The molecule has 0 aromatic carbocycles. The van der Waals surface area contributed by atoms with E-state index in [2.05, 4.69) is 35.1 Å². The van der Waals surface area contributed by atoms with Gasteiger partial charge in [-0.2, -0.15) is 0 Å². The Morgan fingerprint density at radius 3 is 2.53 bits per heavy atom. The van der Waals surface area contributed by atoms with Crippen molar-refractivity contribution >= 4 is 11.4 Å². The number of allylic oxidation sites excluding steroid dienone is 1. The molecule has 202 valence electrons. The molecule has 0 amide bonds. The van der Waals surface area contributed by atoms with Gasteiger partial charge in [-0.05, 0) is 61.5 Å². The summed E-state index contributed by atoms with van der Waals surface area (Å²) in [7, 11) is 3.13. The third kappa shape index (κ3) is 3.93. The van der Waals surface area contributed by atoms with E-state index in [1.54, 1.807) is 7.11 Å². The predicted molar refractivity (Wildman–Crippen MR) is 136 cm³/mol.